The number of nitrogens with zero attached hydrogens (tertiary/aromatic N) is 3. The molecule has 8 nitrogen and oxygen atoms in total. The van der Waals surface area contributed by atoms with E-state index in [4.69, 9.17) is 16.7 Å². The summed E-state index contributed by atoms with van der Waals surface area (Å²) in [5.74, 6) is -0.572. The molecule has 2 amide bonds. The Hall–Kier alpha value is -5.73. The second kappa shape index (κ2) is 13.6. The molecule has 1 saturated heterocycles. The van der Waals surface area contributed by atoms with E-state index in [1.165, 1.54) is 11.8 Å². The molecule has 6 aromatic rings. The SMILES string of the molecule is CC(=O)c1ccc(Cl)c(-c2ccc3c(c2)c(NC(=O)[C@@H]2CCCN(C(=O)O)C2)nn3C(c2ccccc2)(c2ccccc2)c2ccccc2)c1. The van der Waals surface area contributed by atoms with E-state index in [1.54, 1.807) is 18.2 Å². The number of aromatic nitrogens is 2. The summed E-state index contributed by atoms with van der Waals surface area (Å²) in [6.07, 6.45) is 0.118. The van der Waals surface area contributed by atoms with Crippen molar-refractivity contribution in [1.82, 2.24) is 14.7 Å². The lowest BCUT2D eigenvalue weighted by Crippen LogP contribution is -2.43. The average molecular weight is 683 g/mol. The highest BCUT2D eigenvalue weighted by Crippen LogP contribution is 2.44. The Morgan fingerprint density at radius 3 is 1.98 bits per heavy atom. The van der Waals surface area contributed by atoms with Crippen LogP contribution in [0.4, 0.5) is 10.6 Å². The summed E-state index contributed by atoms with van der Waals surface area (Å²) in [7, 11) is 0. The fourth-order valence-electron chi connectivity index (χ4n) is 7.09. The van der Waals surface area contributed by atoms with Crippen molar-refractivity contribution in [3.05, 3.63) is 155 Å². The predicted octanol–water partition coefficient (Wildman–Crippen LogP) is 8.73. The van der Waals surface area contributed by atoms with E-state index in [9.17, 15) is 19.5 Å². The molecule has 9 heteroatoms. The van der Waals surface area contributed by atoms with Gasteiger partial charge in [-0.15, -0.1) is 0 Å². The van der Waals surface area contributed by atoms with Crippen LogP contribution in [0.3, 0.4) is 0 Å². The number of piperidine rings is 1. The lowest BCUT2D eigenvalue weighted by Gasteiger charge is -2.37. The van der Waals surface area contributed by atoms with E-state index < -0.39 is 17.6 Å². The van der Waals surface area contributed by atoms with Crippen LogP contribution in [0.2, 0.25) is 5.02 Å². The lowest BCUT2D eigenvalue weighted by atomic mass is 9.77. The molecular weight excluding hydrogens is 648 g/mol. The van der Waals surface area contributed by atoms with E-state index in [-0.39, 0.29) is 18.2 Å². The number of anilines is 1. The molecular formula is C41H35ClN4O4. The fourth-order valence-corrected chi connectivity index (χ4v) is 7.31. The molecule has 1 aromatic heterocycles. The number of ketones is 1. The van der Waals surface area contributed by atoms with Gasteiger partial charge in [-0.3, -0.25) is 9.59 Å². The molecule has 2 heterocycles. The zero-order valence-corrected chi connectivity index (χ0v) is 28.2. The number of fused-ring (bicyclic) bond motifs is 1. The number of nitrogens with one attached hydrogen (secondary N) is 1. The normalized spacial score (nSPS) is 14.8. The highest BCUT2D eigenvalue weighted by molar-refractivity contribution is 6.33. The van der Waals surface area contributed by atoms with E-state index >= 15 is 0 Å². The number of amides is 2. The number of rotatable bonds is 8. The summed E-state index contributed by atoms with van der Waals surface area (Å²) in [6.45, 7) is 2.02. The molecule has 1 atom stereocenters. The maximum atomic E-state index is 13.9. The van der Waals surface area contributed by atoms with Gasteiger partial charge in [0.25, 0.3) is 0 Å². The first-order valence-electron chi connectivity index (χ1n) is 16.6. The van der Waals surface area contributed by atoms with Crippen molar-refractivity contribution >= 4 is 46.1 Å². The third-order valence-corrected chi connectivity index (χ3v) is 9.89. The molecule has 0 aliphatic carbocycles. The second-order valence-electron chi connectivity index (χ2n) is 12.6. The highest BCUT2D eigenvalue weighted by Gasteiger charge is 2.41. The van der Waals surface area contributed by atoms with Crippen molar-refractivity contribution in [2.75, 3.05) is 18.4 Å². The molecule has 1 fully saturated rings. The first kappa shape index (κ1) is 32.8. The summed E-state index contributed by atoms with van der Waals surface area (Å²) in [6, 6.07) is 41.5. The largest absolute Gasteiger partial charge is 0.465 e. The number of carboxylic acid groups (broad SMARTS) is 1. The molecule has 1 aliphatic rings. The van der Waals surface area contributed by atoms with Gasteiger partial charge in [0.1, 0.15) is 5.54 Å². The van der Waals surface area contributed by atoms with Crippen LogP contribution in [-0.2, 0) is 10.3 Å². The number of carbonyl (C=O) groups excluding carboxylic acids is 2. The van der Waals surface area contributed by atoms with Gasteiger partial charge in [-0.2, -0.15) is 5.10 Å². The maximum Gasteiger partial charge on any atom is 0.407 e. The minimum Gasteiger partial charge on any atom is -0.465 e. The molecule has 50 heavy (non-hydrogen) atoms. The van der Waals surface area contributed by atoms with Crippen LogP contribution in [0, 0.1) is 5.92 Å². The summed E-state index contributed by atoms with van der Waals surface area (Å²) >= 11 is 6.71. The van der Waals surface area contributed by atoms with Gasteiger partial charge in [0.15, 0.2) is 11.6 Å². The minimum atomic E-state index is -1.04. The Morgan fingerprint density at radius 1 is 0.820 bits per heavy atom. The van der Waals surface area contributed by atoms with Gasteiger partial charge >= 0.3 is 6.09 Å². The Kier molecular flexibility index (Phi) is 8.95. The minimum absolute atomic E-state index is 0.0778. The third kappa shape index (κ3) is 5.92. The van der Waals surface area contributed by atoms with Crippen molar-refractivity contribution in [3.8, 4) is 11.1 Å². The van der Waals surface area contributed by atoms with Crippen LogP contribution in [0.25, 0.3) is 22.0 Å². The van der Waals surface area contributed by atoms with Gasteiger partial charge in [0, 0.05) is 34.6 Å². The van der Waals surface area contributed by atoms with Gasteiger partial charge in [-0.05, 0) is 72.4 Å². The molecule has 0 bridgehead atoms. The van der Waals surface area contributed by atoms with E-state index in [0.717, 1.165) is 27.8 Å². The molecule has 0 saturated carbocycles. The summed E-state index contributed by atoms with van der Waals surface area (Å²) in [5, 5.41) is 19.2. The first-order valence-corrected chi connectivity index (χ1v) is 16.9. The quantitative estimate of drug-likeness (QED) is 0.123. The van der Waals surface area contributed by atoms with Crippen molar-refractivity contribution in [2.45, 2.75) is 25.3 Å². The summed E-state index contributed by atoms with van der Waals surface area (Å²) in [5.41, 5.74) is 4.63. The topological polar surface area (TPSA) is 105 Å². The monoisotopic (exact) mass is 682 g/mol. The second-order valence-corrected chi connectivity index (χ2v) is 13.0. The van der Waals surface area contributed by atoms with Gasteiger partial charge < -0.3 is 15.3 Å². The van der Waals surface area contributed by atoms with Gasteiger partial charge in [-0.1, -0.05) is 109 Å². The zero-order chi connectivity index (χ0) is 34.8. The predicted molar refractivity (Wildman–Crippen MR) is 196 cm³/mol. The Labute approximate surface area is 294 Å². The molecule has 2 N–H and O–H groups in total. The Morgan fingerprint density at radius 2 is 1.42 bits per heavy atom. The third-order valence-electron chi connectivity index (χ3n) is 9.56. The van der Waals surface area contributed by atoms with Crippen LogP contribution < -0.4 is 5.32 Å². The fraction of sp³-hybridized carbons (Fsp3) is 0.171. The highest BCUT2D eigenvalue weighted by atomic mass is 35.5. The molecule has 250 valence electrons. The van der Waals surface area contributed by atoms with Crippen LogP contribution in [0.15, 0.2) is 127 Å². The number of carbonyl (C=O) groups is 3. The smallest absolute Gasteiger partial charge is 0.407 e. The van der Waals surface area contributed by atoms with Crippen molar-refractivity contribution < 1.29 is 19.5 Å². The average Bonchev–Trinajstić information content (AvgIpc) is 3.50. The van der Waals surface area contributed by atoms with Crippen LogP contribution in [0.5, 0.6) is 0 Å². The first-order chi connectivity index (χ1) is 24.3. The molecule has 0 spiro atoms. The molecule has 1 aliphatic heterocycles. The van der Waals surface area contributed by atoms with Crippen molar-refractivity contribution in [2.24, 2.45) is 5.92 Å². The number of hydrogen-bond acceptors (Lipinski definition) is 4. The maximum absolute atomic E-state index is 13.9. The summed E-state index contributed by atoms with van der Waals surface area (Å²) in [4.78, 5) is 39.3. The molecule has 0 radical (unpaired) electrons. The van der Waals surface area contributed by atoms with Crippen molar-refractivity contribution in [1.29, 1.82) is 0 Å². The number of Topliss-reactive ketones (excluding diaryl/α,β-unsaturated/α-hetero) is 1. The molecule has 5 aromatic carbocycles. The van der Waals surface area contributed by atoms with E-state index in [0.29, 0.717) is 46.7 Å². The number of likely N-dealkylation sites (tertiary alicyclic amines) is 1. The van der Waals surface area contributed by atoms with Gasteiger partial charge in [0.2, 0.25) is 5.91 Å². The van der Waals surface area contributed by atoms with Crippen molar-refractivity contribution in [3.63, 3.8) is 0 Å². The van der Waals surface area contributed by atoms with E-state index in [2.05, 4.69) is 41.7 Å². The van der Waals surface area contributed by atoms with Crippen LogP contribution >= 0.6 is 11.6 Å². The summed E-state index contributed by atoms with van der Waals surface area (Å²) < 4.78 is 1.97. The zero-order valence-electron chi connectivity index (χ0n) is 27.4. The van der Waals surface area contributed by atoms with E-state index in [1.807, 2.05) is 77.5 Å². The number of halogens is 1. The van der Waals surface area contributed by atoms with Gasteiger partial charge in [0.05, 0.1) is 11.4 Å². The van der Waals surface area contributed by atoms with Crippen LogP contribution in [-0.4, -0.2) is 50.7 Å². The Bertz CT molecular complexity index is 2110. The standard InChI is InChI=1S/C41H35ClN4O4/c1-27(47)28-19-21-36(42)34(24-28)29-20-22-37-35(25-29)38(43-39(48)30-12-11-23-45(26-30)40(49)50)44-46(37)41(31-13-5-2-6-14-31,32-15-7-3-8-16-32)33-17-9-4-10-18-33/h2-10,13-22,24-25,30H,11-12,23,26H2,1H3,(H,49,50)(H,43,44,48)/t30-/m1/s1. The van der Waals surface area contributed by atoms with Gasteiger partial charge in [-0.25, -0.2) is 9.48 Å². The number of benzene rings is 5. The Balaban J connectivity index is 1.49. The molecule has 0 unspecified atom stereocenters. The molecule has 7 rings (SSSR count). The number of hydrogen-bond donors (Lipinski definition) is 2. The van der Waals surface area contributed by atoms with Crippen LogP contribution in [0.1, 0.15) is 46.8 Å². The lowest BCUT2D eigenvalue weighted by molar-refractivity contribution is -0.121.